The molecule has 0 saturated carbocycles. The van der Waals surface area contributed by atoms with Gasteiger partial charge in [-0.1, -0.05) is 0 Å². The molecule has 0 aromatic carbocycles. The van der Waals surface area contributed by atoms with Crippen molar-refractivity contribution in [2.45, 2.75) is 24.6 Å². The summed E-state index contributed by atoms with van der Waals surface area (Å²) >= 11 is -1.76. The molecule has 0 aliphatic carbocycles. The molecule has 1 aromatic rings. The highest BCUT2D eigenvalue weighted by atomic mass is 32.2. The third-order valence-electron chi connectivity index (χ3n) is 2.54. The Kier molecular flexibility index (Phi) is 2.88. The Morgan fingerprint density at radius 2 is 2.00 bits per heavy atom. The summed E-state index contributed by atoms with van der Waals surface area (Å²) in [6, 6.07) is 3.85. The maximum absolute atomic E-state index is 11.1. The highest BCUT2D eigenvalue weighted by Crippen LogP contribution is 2.17. The van der Waals surface area contributed by atoms with Crippen molar-refractivity contribution in [3.05, 3.63) is 24.5 Å². The molecule has 1 saturated heterocycles. The van der Waals surface area contributed by atoms with Crippen LogP contribution in [0.3, 0.4) is 0 Å². The number of rotatable bonds is 2. The van der Waals surface area contributed by atoms with Gasteiger partial charge in [0.05, 0.1) is 0 Å². The van der Waals surface area contributed by atoms with Gasteiger partial charge in [-0.05, 0) is 31.4 Å². The summed E-state index contributed by atoms with van der Waals surface area (Å²) in [5.74, 6) is 0. The Bertz CT molecular complexity index is 313. The molecule has 1 aliphatic rings. The number of piperidine rings is 1. The fraction of sp³-hybridized carbons (Fsp3) is 0.556. The SMILES string of the molecule is O=S(O)C1CCCCN1n1cccc1. The molecular formula is C9H14N2O2S. The molecule has 0 amide bonds. The van der Waals surface area contributed by atoms with Crippen LogP contribution in [0.2, 0.25) is 0 Å². The summed E-state index contributed by atoms with van der Waals surface area (Å²) in [7, 11) is 0. The number of nitrogens with zero attached hydrogens (tertiary/aromatic N) is 2. The predicted octanol–water partition coefficient (Wildman–Crippen LogP) is 1.16. The molecule has 14 heavy (non-hydrogen) atoms. The molecule has 1 aromatic heterocycles. The Hall–Kier alpha value is -0.810. The lowest BCUT2D eigenvalue weighted by Gasteiger charge is -2.35. The van der Waals surface area contributed by atoms with Crippen molar-refractivity contribution in [2.75, 3.05) is 11.6 Å². The van der Waals surface area contributed by atoms with Crippen LogP contribution < -0.4 is 5.01 Å². The monoisotopic (exact) mass is 214 g/mol. The van der Waals surface area contributed by atoms with Gasteiger partial charge in [-0.25, -0.2) is 4.21 Å². The fourth-order valence-corrected chi connectivity index (χ4v) is 2.64. The lowest BCUT2D eigenvalue weighted by molar-refractivity contribution is 0.427. The van der Waals surface area contributed by atoms with Gasteiger partial charge in [0.15, 0.2) is 11.1 Å². The molecule has 0 spiro atoms. The summed E-state index contributed by atoms with van der Waals surface area (Å²) in [4.78, 5) is 0. The summed E-state index contributed by atoms with van der Waals surface area (Å²) in [5.41, 5.74) is 0. The van der Waals surface area contributed by atoms with Crippen molar-refractivity contribution in [1.29, 1.82) is 0 Å². The van der Waals surface area contributed by atoms with E-state index in [1.165, 1.54) is 0 Å². The van der Waals surface area contributed by atoms with Crippen molar-refractivity contribution in [3.63, 3.8) is 0 Å². The summed E-state index contributed by atoms with van der Waals surface area (Å²) in [5, 5.41) is 1.70. The quantitative estimate of drug-likeness (QED) is 0.751. The molecule has 2 atom stereocenters. The van der Waals surface area contributed by atoms with Crippen molar-refractivity contribution in [1.82, 2.24) is 4.68 Å². The van der Waals surface area contributed by atoms with Gasteiger partial charge in [-0.2, -0.15) is 0 Å². The van der Waals surface area contributed by atoms with E-state index in [4.69, 9.17) is 4.55 Å². The van der Waals surface area contributed by atoms with Crippen molar-refractivity contribution < 1.29 is 8.76 Å². The van der Waals surface area contributed by atoms with Crippen LogP contribution in [0.15, 0.2) is 24.5 Å². The van der Waals surface area contributed by atoms with E-state index in [1.807, 2.05) is 34.2 Å². The predicted molar refractivity (Wildman–Crippen MR) is 55.9 cm³/mol. The molecule has 1 aliphatic heterocycles. The smallest absolute Gasteiger partial charge is 0.177 e. The lowest BCUT2D eigenvalue weighted by atomic mass is 10.2. The second-order valence-corrected chi connectivity index (χ2v) is 4.55. The molecule has 4 nitrogen and oxygen atoms in total. The molecule has 0 radical (unpaired) electrons. The first-order valence-electron chi connectivity index (χ1n) is 4.78. The Balaban J connectivity index is 2.18. The summed E-state index contributed by atoms with van der Waals surface area (Å²) in [6.07, 6.45) is 6.73. The molecule has 1 fully saturated rings. The van der Waals surface area contributed by atoms with E-state index in [0.717, 1.165) is 25.8 Å². The molecule has 2 rings (SSSR count). The van der Waals surface area contributed by atoms with Crippen LogP contribution in [0.1, 0.15) is 19.3 Å². The largest absolute Gasteiger partial charge is 0.304 e. The standard InChI is InChI=1S/C9H14N2O2S/c12-14(13)9-5-1-2-8-11(9)10-6-3-4-7-10/h3-4,6-7,9H,1-2,5,8H2,(H,12,13). The van der Waals surface area contributed by atoms with E-state index >= 15 is 0 Å². The molecule has 78 valence electrons. The fourth-order valence-electron chi connectivity index (χ4n) is 1.85. The third-order valence-corrected chi connectivity index (χ3v) is 3.48. The van der Waals surface area contributed by atoms with Crippen LogP contribution in [0, 0.1) is 0 Å². The molecule has 2 heterocycles. The minimum absolute atomic E-state index is 0.254. The molecule has 2 unspecified atom stereocenters. The minimum atomic E-state index is -1.76. The lowest BCUT2D eigenvalue weighted by Crippen LogP contribution is -2.48. The van der Waals surface area contributed by atoms with E-state index in [-0.39, 0.29) is 5.37 Å². The number of hydrogen-bond acceptors (Lipinski definition) is 2. The van der Waals surface area contributed by atoms with Gasteiger partial charge < -0.3 is 4.55 Å². The number of hydrogen-bond donors (Lipinski definition) is 1. The number of aromatic nitrogens is 1. The average Bonchev–Trinajstić information content (AvgIpc) is 2.70. The molecule has 1 N–H and O–H groups in total. The van der Waals surface area contributed by atoms with Gasteiger partial charge in [0, 0.05) is 18.9 Å². The first-order chi connectivity index (χ1) is 6.79. The van der Waals surface area contributed by atoms with Gasteiger partial charge in [0.25, 0.3) is 0 Å². The van der Waals surface area contributed by atoms with Gasteiger partial charge in [-0.3, -0.25) is 9.69 Å². The van der Waals surface area contributed by atoms with Gasteiger partial charge in [-0.15, -0.1) is 0 Å². The Morgan fingerprint density at radius 1 is 1.29 bits per heavy atom. The van der Waals surface area contributed by atoms with Crippen molar-refractivity contribution >= 4 is 11.1 Å². The van der Waals surface area contributed by atoms with Crippen LogP contribution >= 0.6 is 0 Å². The van der Waals surface area contributed by atoms with Crippen LogP contribution in [-0.4, -0.2) is 25.4 Å². The van der Waals surface area contributed by atoms with Gasteiger partial charge in [0.1, 0.15) is 5.37 Å². The highest BCUT2D eigenvalue weighted by Gasteiger charge is 2.26. The second-order valence-electron chi connectivity index (χ2n) is 3.45. The third kappa shape index (κ3) is 1.83. The summed E-state index contributed by atoms with van der Waals surface area (Å²) < 4.78 is 22.2. The van der Waals surface area contributed by atoms with Crippen LogP contribution in [0.5, 0.6) is 0 Å². The van der Waals surface area contributed by atoms with Crippen LogP contribution in [0.25, 0.3) is 0 Å². The first-order valence-corrected chi connectivity index (χ1v) is 5.95. The highest BCUT2D eigenvalue weighted by molar-refractivity contribution is 7.80. The van der Waals surface area contributed by atoms with E-state index in [2.05, 4.69) is 0 Å². The molecular weight excluding hydrogens is 200 g/mol. The van der Waals surface area contributed by atoms with E-state index in [0.29, 0.717) is 0 Å². The van der Waals surface area contributed by atoms with Gasteiger partial charge in [0.2, 0.25) is 0 Å². The van der Waals surface area contributed by atoms with E-state index < -0.39 is 11.1 Å². The van der Waals surface area contributed by atoms with E-state index in [1.54, 1.807) is 0 Å². The normalized spacial score (nSPS) is 24.9. The van der Waals surface area contributed by atoms with Crippen LogP contribution in [0.4, 0.5) is 0 Å². The maximum Gasteiger partial charge on any atom is 0.177 e. The second kappa shape index (κ2) is 4.14. The van der Waals surface area contributed by atoms with Crippen LogP contribution in [-0.2, 0) is 11.1 Å². The van der Waals surface area contributed by atoms with E-state index in [9.17, 15) is 4.21 Å². The van der Waals surface area contributed by atoms with Gasteiger partial charge >= 0.3 is 0 Å². The zero-order valence-corrected chi connectivity index (χ0v) is 8.69. The van der Waals surface area contributed by atoms with Crippen molar-refractivity contribution in [2.24, 2.45) is 0 Å². The maximum atomic E-state index is 11.1. The van der Waals surface area contributed by atoms with Crippen molar-refractivity contribution in [3.8, 4) is 0 Å². The summed E-state index contributed by atoms with van der Waals surface area (Å²) in [6.45, 7) is 0.853. The Morgan fingerprint density at radius 3 is 2.64 bits per heavy atom. The Labute approximate surface area is 85.8 Å². The average molecular weight is 214 g/mol. The molecule has 0 bridgehead atoms. The minimum Gasteiger partial charge on any atom is -0.304 e. The first kappa shape index (κ1) is 9.73. The molecule has 5 heteroatoms. The topological polar surface area (TPSA) is 45.5 Å². The zero-order chi connectivity index (χ0) is 9.97. The zero-order valence-electron chi connectivity index (χ0n) is 7.87.